The first-order valence-electron chi connectivity index (χ1n) is 6.46. The monoisotopic (exact) mass is 261 g/mol. The van der Waals surface area contributed by atoms with Gasteiger partial charge in [-0.3, -0.25) is 0 Å². The van der Waals surface area contributed by atoms with E-state index in [0.29, 0.717) is 17.6 Å². The molecule has 1 unspecified atom stereocenters. The third-order valence-electron chi connectivity index (χ3n) is 3.28. The second-order valence-corrected chi connectivity index (χ2v) is 4.97. The van der Waals surface area contributed by atoms with Crippen molar-refractivity contribution in [3.63, 3.8) is 0 Å². The van der Waals surface area contributed by atoms with Crippen LogP contribution in [-0.2, 0) is 4.79 Å². The van der Waals surface area contributed by atoms with Gasteiger partial charge in [-0.05, 0) is 18.6 Å². The highest BCUT2D eigenvalue weighted by molar-refractivity contribution is 5.89. The predicted octanol–water partition coefficient (Wildman–Crippen LogP) is 2.78. The van der Waals surface area contributed by atoms with Crippen molar-refractivity contribution in [2.24, 2.45) is 0 Å². The van der Waals surface area contributed by atoms with Crippen LogP contribution in [0.3, 0.4) is 0 Å². The molecule has 0 fully saturated rings. The molecule has 0 amide bonds. The van der Waals surface area contributed by atoms with E-state index >= 15 is 0 Å². The minimum atomic E-state index is -0.842. The second kappa shape index (κ2) is 4.91. The SMILES string of the molecule is CCC(C(=O)O)n1c(C(C)C)nc2c(N)cccc21. The van der Waals surface area contributed by atoms with Crippen molar-refractivity contribution in [2.75, 3.05) is 5.73 Å². The maximum Gasteiger partial charge on any atom is 0.326 e. The van der Waals surface area contributed by atoms with Gasteiger partial charge in [0, 0.05) is 5.92 Å². The highest BCUT2D eigenvalue weighted by Gasteiger charge is 2.25. The first kappa shape index (κ1) is 13.4. The Morgan fingerprint density at radius 1 is 1.47 bits per heavy atom. The van der Waals surface area contributed by atoms with Crippen LogP contribution < -0.4 is 5.73 Å². The lowest BCUT2D eigenvalue weighted by Crippen LogP contribution is -2.20. The maximum atomic E-state index is 11.5. The summed E-state index contributed by atoms with van der Waals surface area (Å²) in [7, 11) is 0. The number of benzene rings is 1. The third-order valence-corrected chi connectivity index (χ3v) is 3.28. The smallest absolute Gasteiger partial charge is 0.326 e. The molecule has 3 N–H and O–H groups in total. The number of carboxylic acids is 1. The molecule has 19 heavy (non-hydrogen) atoms. The molecular formula is C14H19N3O2. The molecule has 1 aromatic carbocycles. The number of nitrogens with two attached hydrogens (primary N) is 1. The fourth-order valence-electron chi connectivity index (χ4n) is 2.36. The van der Waals surface area contributed by atoms with E-state index in [9.17, 15) is 9.90 Å². The highest BCUT2D eigenvalue weighted by Crippen LogP contribution is 2.30. The van der Waals surface area contributed by atoms with E-state index in [-0.39, 0.29) is 5.92 Å². The van der Waals surface area contributed by atoms with Gasteiger partial charge in [0.25, 0.3) is 0 Å². The lowest BCUT2D eigenvalue weighted by atomic mass is 10.1. The Morgan fingerprint density at radius 2 is 2.16 bits per heavy atom. The summed E-state index contributed by atoms with van der Waals surface area (Å²) in [6, 6.07) is 4.88. The predicted molar refractivity (Wildman–Crippen MR) is 75.2 cm³/mol. The number of para-hydroxylation sites is 1. The van der Waals surface area contributed by atoms with Crippen molar-refractivity contribution in [3.05, 3.63) is 24.0 Å². The lowest BCUT2D eigenvalue weighted by molar-refractivity contribution is -0.140. The minimum absolute atomic E-state index is 0.139. The number of carbonyl (C=O) groups is 1. The first-order valence-corrected chi connectivity index (χ1v) is 6.46. The van der Waals surface area contributed by atoms with E-state index in [4.69, 9.17) is 5.73 Å². The van der Waals surface area contributed by atoms with Gasteiger partial charge in [-0.15, -0.1) is 0 Å². The maximum absolute atomic E-state index is 11.5. The number of imidazole rings is 1. The molecule has 0 bridgehead atoms. The number of rotatable bonds is 4. The molecule has 0 spiro atoms. The summed E-state index contributed by atoms with van der Waals surface area (Å²) in [5.74, 6) is 0.0634. The molecular weight excluding hydrogens is 242 g/mol. The van der Waals surface area contributed by atoms with Crippen molar-refractivity contribution in [1.82, 2.24) is 9.55 Å². The van der Waals surface area contributed by atoms with Crippen LogP contribution in [0.5, 0.6) is 0 Å². The Labute approximate surface area is 112 Å². The molecule has 2 rings (SSSR count). The number of aliphatic carboxylic acids is 1. The van der Waals surface area contributed by atoms with Crippen molar-refractivity contribution in [3.8, 4) is 0 Å². The molecule has 0 radical (unpaired) electrons. The lowest BCUT2D eigenvalue weighted by Gasteiger charge is -2.17. The van der Waals surface area contributed by atoms with Gasteiger partial charge < -0.3 is 15.4 Å². The van der Waals surface area contributed by atoms with Gasteiger partial charge in [0.2, 0.25) is 0 Å². The zero-order chi connectivity index (χ0) is 14.2. The average molecular weight is 261 g/mol. The summed E-state index contributed by atoms with van der Waals surface area (Å²) < 4.78 is 1.80. The molecule has 1 heterocycles. The summed E-state index contributed by atoms with van der Waals surface area (Å²) in [6.45, 7) is 5.87. The van der Waals surface area contributed by atoms with E-state index < -0.39 is 12.0 Å². The Bertz CT molecular complexity index is 616. The van der Waals surface area contributed by atoms with E-state index in [1.165, 1.54) is 0 Å². The van der Waals surface area contributed by atoms with Gasteiger partial charge in [0.15, 0.2) is 0 Å². The number of hydrogen-bond acceptors (Lipinski definition) is 3. The second-order valence-electron chi connectivity index (χ2n) is 4.97. The number of nitrogen functional groups attached to an aromatic ring is 1. The van der Waals surface area contributed by atoms with Gasteiger partial charge in [-0.2, -0.15) is 0 Å². The summed E-state index contributed by atoms with van der Waals surface area (Å²) in [6.07, 6.45) is 0.509. The molecule has 0 aliphatic carbocycles. The summed E-state index contributed by atoms with van der Waals surface area (Å²) in [5, 5.41) is 9.40. The Hall–Kier alpha value is -2.04. The minimum Gasteiger partial charge on any atom is -0.480 e. The number of fused-ring (bicyclic) bond motifs is 1. The fourth-order valence-corrected chi connectivity index (χ4v) is 2.36. The number of anilines is 1. The molecule has 0 saturated heterocycles. The van der Waals surface area contributed by atoms with E-state index in [0.717, 1.165) is 11.3 Å². The third kappa shape index (κ3) is 2.16. The van der Waals surface area contributed by atoms with E-state index in [1.54, 1.807) is 10.6 Å². The van der Waals surface area contributed by atoms with Crippen LogP contribution in [0, 0.1) is 0 Å². The number of hydrogen-bond donors (Lipinski definition) is 2. The standard InChI is InChI=1S/C14H19N3O2/c1-4-10(14(18)19)17-11-7-5-6-9(15)12(11)16-13(17)8(2)3/h5-8,10H,4,15H2,1-3H3,(H,18,19). The van der Waals surface area contributed by atoms with Crippen molar-refractivity contribution >= 4 is 22.7 Å². The normalized spacial score (nSPS) is 13.1. The van der Waals surface area contributed by atoms with Gasteiger partial charge in [-0.25, -0.2) is 9.78 Å². The van der Waals surface area contributed by atoms with E-state index in [2.05, 4.69) is 4.98 Å². The fraction of sp³-hybridized carbons (Fsp3) is 0.429. The summed E-state index contributed by atoms with van der Waals surface area (Å²) in [4.78, 5) is 16.0. The van der Waals surface area contributed by atoms with Gasteiger partial charge >= 0.3 is 5.97 Å². The quantitative estimate of drug-likeness (QED) is 0.829. The highest BCUT2D eigenvalue weighted by atomic mass is 16.4. The van der Waals surface area contributed by atoms with Crippen molar-refractivity contribution in [2.45, 2.75) is 39.2 Å². The van der Waals surface area contributed by atoms with Crippen LogP contribution in [0.1, 0.15) is 45.0 Å². The molecule has 2 aromatic rings. The summed E-state index contributed by atoms with van der Waals surface area (Å²) in [5.41, 5.74) is 7.99. The van der Waals surface area contributed by atoms with Gasteiger partial charge in [0.1, 0.15) is 17.4 Å². The van der Waals surface area contributed by atoms with Crippen molar-refractivity contribution in [1.29, 1.82) is 0 Å². The van der Waals surface area contributed by atoms with Crippen LogP contribution in [0.15, 0.2) is 18.2 Å². The largest absolute Gasteiger partial charge is 0.480 e. The van der Waals surface area contributed by atoms with Crippen LogP contribution >= 0.6 is 0 Å². The van der Waals surface area contributed by atoms with Gasteiger partial charge in [0.05, 0.1) is 11.2 Å². The molecule has 0 aliphatic heterocycles. The van der Waals surface area contributed by atoms with Crippen LogP contribution in [-0.4, -0.2) is 20.6 Å². The van der Waals surface area contributed by atoms with E-state index in [1.807, 2.05) is 32.9 Å². The Balaban J connectivity index is 2.79. The van der Waals surface area contributed by atoms with Gasteiger partial charge in [-0.1, -0.05) is 26.8 Å². The summed E-state index contributed by atoms with van der Waals surface area (Å²) >= 11 is 0. The van der Waals surface area contributed by atoms with Crippen molar-refractivity contribution < 1.29 is 9.90 Å². The van der Waals surface area contributed by atoms with Crippen LogP contribution in [0.2, 0.25) is 0 Å². The molecule has 0 saturated carbocycles. The van der Waals surface area contributed by atoms with Crippen LogP contribution in [0.25, 0.3) is 11.0 Å². The zero-order valence-electron chi connectivity index (χ0n) is 11.4. The molecule has 102 valence electrons. The molecule has 1 atom stereocenters. The number of nitrogens with zero attached hydrogens (tertiary/aromatic N) is 2. The number of aromatic nitrogens is 2. The first-order chi connectivity index (χ1) is 8.97. The Morgan fingerprint density at radius 3 is 2.68 bits per heavy atom. The molecule has 1 aromatic heterocycles. The number of carboxylic acid groups (broad SMARTS) is 1. The Kier molecular flexibility index (Phi) is 3.46. The molecule has 0 aliphatic rings. The molecule has 5 heteroatoms. The zero-order valence-corrected chi connectivity index (χ0v) is 11.4. The topological polar surface area (TPSA) is 81.1 Å². The van der Waals surface area contributed by atoms with Crippen LogP contribution in [0.4, 0.5) is 5.69 Å². The molecule has 5 nitrogen and oxygen atoms in total. The average Bonchev–Trinajstić information content (AvgIpc) is 2.71.